The number of epoxide rings is 2. The fraction of sp³-hybridized carbons (Fsp3) is 0.852. The number of cyclic esters (lactones) is 1. The van der Waals surface area contributed by atoms with E-state index in [2.05, 4.69) is 34.8 Å². The maximum Gasteiger partial charge on any atom is 0.407 e. The summed E-state index contributed by atoms with van der Waals surface area (Å²) in [6.07, 6.45) is 3.06. The van der Waals surface area contributed by atoms with E-state index < -0.39 is 26.8 Å². The number of ether oxygens (including phenoxy) is 6. The van der Waals surface area contributed by atoms with Crippen LogP contribution in [0.1, 0.15) is 45.4 Å². The molecule has 2 saturated heterocycles. The largest absolute Gasteiger partial charge is 0.458 e. The summed E-state index contributed by atoms with van der Waals surface area (Å²) < 4.78 is 34.0. The Bertz CT molecular complexity index is 1040. The number of carbonyl (C=O) groups is 2. The van der Waals surface area contributed by atoms with Gasteiger partial charge >= 0.3 is 12.1 Å². The first-order valence-electron chi connectivity index (χ1n) is 14.1. The summed E-state index contributed by atoms with van der Waals surface area (Å²) in [5.41, 5.74) is 5.88. The van der Waals surface area contributed by atoms with Crippen molar-refractivity contribution in [3.8, 4) is 0 Å². The fourth-order valence-corrected chi connectivity index (χ4v) is 9.39. The van der Waals surface area contributed by atoms with Crippen molar-refractivity contribution in [1.29, 1.82) is 0 Å². The van der Waals surface area contributed by atoms with Gasteiger partial charge in [0.15, 0.2) is 5.60 Å². The second-order valence-corrected chi connectivity index (χ2v) is 14.0. The van der Waals surface area contributed by atoms with Crippen LogP contribution in [-0.2, 0) is 33.2 Å². The molecule has 39 heavy (non-hydrogen) atoms. The molecule has 2 saturated carbocycles. The SMILES string of the molecule is C[C@]12CCC3=C(COC3=O)C1C[C@@H]1O[C@@]13[C@H](O)C(I)(CCCOC(=O)NCCOCCOCCN)C[C@@H]1O[C@@]132. The number of rotatable bonds is 12. The predicted molar refractivity (Wildman–Crippen MR) is 145 cm³/mol. The molecule has 0 bridgehead atoms. The number of nitrogens with one attached hydrogen (secondary N) is 1. The standard InChI is InChI=1S/C27H39IN2O9/c1-24-5-3-16-17(15-37-21(16)31)18(24)13-19-26(38-19)22(32)25(28,14-20-27(24,26)39-20)4-2-8-36-23(33)30-7-10-35-12-11-34-9-6-29/h18-20,22,32H,2-15,29H2,1H3,(H,30,33)/t18?,19-,20-,22+,24-,25?,26+,27+/m0/s1. The van der Waals surface area contributed by atoms with E-state index in [1.165, 1.54) is 0 Å². The van der Waals surface area contributed by atoms with Crippen molar-refractivity contribution in [1.82, 2.24) is 5.32 Å². The first kappa shape index (κ1) is 28.1. The number of nitrogens with two attached hydrogens (primary N) is 1. The van der Waals surface area contributed by atoms with Crippen molar-refractivity contribution in [2.75, 3.05) is 52.7 Å². The monoisotopic (exact) mass is 662 g/mol. The van der Waals surface area contributed by atoms with Crippen LogP contribution in [0.3, 0.4) is 0 Å². The molecule has 4 N–H and O–H groups in total. The number of aliphatic hydroxyl groups excluding tert-OH is 1. The molecule has 0 aromatic heterocycles. The summed E-state index contributed by atoms with van der Waals surface area (Å²) in [6.45, 7) is 5.53. The lowest BCUT2D eigenvalue weighted by molar-refractivity contribution is -0.136. The molecule has 0 radical (unpaired) electrons. The Balaban J connectivity index is 0.998. The van der Waals surface area contributed by atoms with Crippen LogP contribution < -0.4 is 11.1 Å². The number of amides is 1. The lowest BCUT2D eigenvalue weighted by Crippen LogP contribution is -2.69. The van der Waals surface area contributed by atoms with Crippen LogP contribution in [0.5, 0.6) is 0 Å². The average molecular weight is 663 g/mol. The highest BCUT2D eigenvalue weighted by atomic mass is 127. The highest BCUT2D eigenvalue weighted by Gasteiger charge is 2.94. The summed E-state index contributed by atoms with van der Waals surface area (Å²) >= 11 is 2.39. The van der Waals surface area contributed by atoms with Crippen LogP contribution in [0.15, 0.2) is 11.1 Å². The fourth-order valence-electron chi connectivity index (χ4n) is 8.15. The summed E-state index contributed by atoms with van der Waals surface area (Å²) in [6, 6.07) is 0. The molecule has 8 atom stereocenters. The van der Waals surface area contributed by atoms with Crippen molar-refractivity contribution in [3.63, 3.8) is 0 Å². The number of alkyl carbamates (subject to hydrolysis) is 1. The first-order valence-corrected chi connectivity index (χ1v) is 15.2. The van der Waals surface area contributed by atoms with Gasteiger partial charge in [-0.3, -0.25) is 0 Å². The zero-order valence-corrected chi connectivity index (χ0v) is 24.5. The molecule has 3 aliphatic carbocycles. The Morgan fingerprint density at radius 3 is 2.77 bits per heavy atom. The minimum absolute atomic E-state index is 0.000644. The molecule has 12 heteroatoms. The van der Waals surface area contributed by atoms with E-state index in [1.54, 1.807) is 0 Å². The molecule has 2 spiro atoms. The molecule has 2 unspecified atom stereocenters. The van der Waals surface area contributed by atoms with Gasteiger partial charge in [-0.1, -0.05) is 29.5 Å². The van der Waals surface area contributed by atoms with E-state index in [0.29, 0.717) is 71.8 Å². The highest BCUT2D eigenvalue weighted by Crippen LogP contribution is 2.80. The average Bonchev–Trinajstić information content (AvgIpc) is 3.79. The molecule has 6 aliphatic rings. The predicted octanol–water partition coefficient (Wildman–Crippen LogP) is 1.37. The molecule has 11 nitrogen and oxygen atoms in total. The van der Waals surface area contributed by atoms with Gasteiger partial charge in [-0.25, -0.2) is 9.59 Å². The number of alkyl halides is 1. The maximum absolute atomic E-state index is 12.2. The number of esters is 1. The molecule has 3 aliphatic heterocycles. The molecule has 6 rings (SSSR count). The van der Waals surface area contributed by atoms with Gasteiger partial charge in [0.2, 0.25) is 0 Å². The Hall–Kier alpha value is -1.03. The minimum atomic E-state index is -0.711. The maximum atomic E-state index is 12.2. The van der Waals surface area contributed by atoms with Gasteiger partial charge in [-0.15, -0.1) is 0 Å². The molecule has 4 fully saturated rings. The number of fused-ring (bicyclic) bond motifs is 2. The molecule has 0 aromatic rings. The lowest BCUT2D eigenvalue weighted by Gasteiger charge is -2.55. The van der Waals surface area contributed by atoms with Gasteiger partial charge in [0.1, 0.15) is 18.3 Å². The summed E-state index contributed by atoms with van der Waals surface area (Å²) in [5.74, 6) is 0.00348. The van der Waals surface area contributed by atoms with Crippen molar-refractivity contribution in [2.45, 2.75) is 78.4 Å². The molecule has 218 valence electrons. The van der Waals surface area contributed by atoms with E-state index in [1.807, 2.05) is 0 Å². The zero-order valence-electron chi connectivity index (χ0n) is 22.4. The van der Waals surface area contributed by atoms with Gasteiger partial charge in [-0.2, -0.15) is 0 Å². The highest BCUT2D eigenvalue weighted by molar-refractivity contribution is 14.1. The topological polar surface area (TPSA) is 154 Å². The van der Waals surface area contributed by atoms with Crippen LogP contribution in [0.4, 0.5) is 4.79 Å². The molecule has 1 amide bonds. The van der Waals surface area contributed by atoms with Crippen LogP contribution in [0.25, 0.3) is 0 Å². The van der Waals surface area contributed by atoms with Crippen LogP contribution in [0, 0.1) is 11.3 Å². The quantitative estimate of drug-likeness (QED) is 0.0919. The second-order valence-electron chi connectivity index (χ2n) is 11.8. The third kappa shape index (κ3) is 4.26. The number of halogens is 1. The Labute approximate surface area is 241 Å². The lowest BCUT2D eigenvalue weighted by atomic mass is 9.47. The van der Waals surface area contributed by atoms with Gasteiger partial charge in [0.05, 0.1) is 48.7 Å². The summed E-state index contributed by atoms with van der Waals surface area (Å²) in [7, 11) is 0. The summed E-state index contributed by atoms with van der Waals surface area (Å²) in [4.78, 5) is 24.3. The van der Waals surface area contributed by atoms with Crippen LogP contribution in [-0.4, -0.2) is 103 Å². The number of carbonyl (C=O) groups excluding carboxylic acids is 2. The molecule has 3 heterocycles. The van der Waals surface area contributed by atoms with Crippen molar-refractivity contribution < 1.29 is 43.1 Å². The van der Waals surface area contributed by atoms with E-state index >= 15 is 0 Å². The summed E-state index contributed by atoms with van der Waals surface area (Å²) in [5, 5.41) is 14.5. The van der Waals surface area contributed by atoms with E-state index in [4.69, 9.17) is 34.2 Å². The Morgan fingerprint density at radius 1 is 1.18 bits per heavy atom. The van der Waals surface area contributed by atoms with Crippen molar-refractivity contribution >= 4 is 34.7 Å². The number of hydrogen-bond donors (Lipinski definition) is 3. The first-order chi connectivity index (χ1) is 18.7. The molecular formula is C27H39IN2O9. The normalized spacial score (nSPS) is 42.9. The van der Waals surface area contributed by atoms with Gasteiger partial charge in [0.25, 0.3) is 0 Å². The smallest absolute Gasteiger partial charge is 0.407 e. The van der Waals surface area contributed by atoms with Gasteiger partial charge < -0.3 is 44.6 Å². The third-order valence-electron chi connectivity index (χ3n) is 9.98. The second kappa shape index (κ2) is 10.4. The molecule has 0 aromatic carbocycles. The van der Waals surface area contributed by atoms with Crippen LogP contribution >= 0.6 is 22.6 Å². The number of hydrogen-bond acceptors (Lipinski definition) is 10. The van der Waals surface area contributed by atoms with E-state index in [-0.39, 0.29) is 36.1 Å². The van der Waals surface area contributed by atoms with Crippen LogP contribution in [0.2, 0.25) is 0 Å². The zero-order chi connectivity index (χ0) is 27.5. The van der Waals surface area contributed by atoms with Crippen molar-refractivity contribution in [3.05, 3.63) is 11.1 Å². The van der Waals surface area contributed by atoms with E-state index in [9.17, 15) is 14.7 Å². The van der Waals surface area contributed by atoms with Gasteiger partial charge in [0, 0.05) is 24.1 Å². The Kier molecular flexibility index (Phi) is 7.46. The minimum Gasteiger partial charge on any atom is -0.458 e. The van der Waals surface area contributed by atoms with Gasteiger partial charge in [-0.05, 0) is 50.0 Å². The molecular weight excluding hydrogens is 623 g/mol. The number of aliphatic hydroxyl groups is 1. The third-order valence-corrected chi connectivity index (χ3v) is 11.5. The van der Waals surface area contributed by atoms with Crippen molar-refractivity contribution in [2.24, 2.45) is 17.1 Å². The Morgan fingerprint density at radius 2 is 1.97 bits per heavy atom. The van der Waals surface area contributed by atoms with E-state index in [0.717, 1.165) is 24.0 Å².